The van der Waals surface area contributed by atoms with Gasteiger partial charge in [-0.2, -0.15) is 13.2 Å². The highest BCUT2D eigenvalue weighted by Crippen LogP contribution is 2.29. The van der Waals surface area contributed by atoms with Crippen molar-refractivity contribution in [1.82, 2.24) is 20.5 Å². The molecule has 0 amide bonds. The maximum absolute atomic E-state index is 12.9. The van der Waals surface area contributed by atoms with Crippen LogP contribution in [0.15, 0.2) is 47.6 Å². The molecule has 0 atom stereocenters. The number of anilines is 1. The van der Waals surface area contributed by atoms with E-state index in [1.54, 1.807) is 6.07 Å². The summed E-state index contributed by atoms with van der Waals surface area (Å²) >= 11 is 0. The summed E-state index contributed by atoms with van der Waals surface area (Å²) in [6.45, 7) is 10.5. The van der Waals surface area contributed by atoms with Crippen LogP contribution in [0, 0.1) is 0 Å². The molecule has 1 aromatic carbocycles. The van der Waals surface area contributed by atoms with Crippen molar-refractivity contribution in [2.75, 3.05) is 44.2 Å². The minimum atomic E-state index is -4.36. The van der Waals surface area contributed by atoms with Gasteiger partial charge in [-0.05, 0) is 48.9 Å². The lowest BCUT2D eigenvalue weighted by Gasteiger charge is -2.34. The predicted octanol–water partition coefficient (Wildman–Crippen LogP) is 4.12. The average Bonchev–Trinajstić information content (AvgIpc) is 2.81. The lowest BCUT2D eigenvalue weighted by Crippen LogP contribution is -2.46. The van der Waals surface area contributed by atoms with Crippen LogP contribution >= 0.6 is 24.0 Å². The Hall–Kier alpha value is -2.08. The van der Waals surface area contributed by atoms with Crippen molar-refractivity contribution in [2.45, 2.75) is 33.1 Å². The molecule has 1 aliphatic rings. The Morgan fingerprint density at radius 1 is 1.03 bits per heavy atom. The fraction of sp³-hybridized carbons (Fsp3) is 0.478. The SMILES string of the molecule is CCNC(=NCc1cccc(C(F)(F)F)c1)NCc1ccnc(N2CCN(CC)CC2)c1.I. The maximum Gasteiger partial charge on any atom is 0.416 e. The number of rotatable bonds is 7. The van der Waals surface area contributed by atoms with Crippen LogP contribution in [0.2, 0.25) is 0 Å². The van der Waals surface area contributed by atoms with Crippen molar-refractivity contribution in [2.24, 2.45) is 4.99 Å². The predicted molar refractivity (Wildman–Crippen MR) is 137 cm³/mol. The molecule has 0 radical (unpaired) electrons. The van der Waals surface area contributed by atoms with Crippen molar-refractivity contribution >= 4 is 35.8 Å². The standard InChI is InChI=1S/C23H31F3N6.HI/c1-3-27-22(29-16-18-6-5-7-20(14-18)23(24,25)26)30-17-19-8-9-28-21(15-19)32-12-10-31(4-2)11-13-32;/h5-9,14-15H,3-4,10-13,16-17H2,1-2H3,(H2,27,29,30);1H. The quantitative estimate of drug-likeness (QED) is 0.295. The Morgan fingerprint density at radius 3 is 2.45 bits per heavy atom. The van der Waals surface area contributed by atoms with Gasteiger partial charge >= 0.3 is 6.18 Å². The number of halogens is 4. The first-order valence-electron chi connectivity index (χ1n) is 11.0. The Kier molecular flexibility index (Phi) is 10.7. The van der Waals surface area contributed by atoms with E-state index in [0.717, 1.165) is 56.2 Å². The number of pyridine rings is 1. The third-order valence-corrected chi connectivity index (χ3v) is 5.43. The van der Waals surface area contributed by atoms with Gasteiger partial charge in [0.25, 0.3) is 0 Å². The van der Waals surface area contributed by atoms with Gasteiger partial charge in [-0.25, -0.2) is 9.98 Å². The van der Waals surface area contributed by atoms with Crippen LogP contribution in [0.3, 0.4) is 0 Å². The lowest BCUT2D eigenvalue weighted by atomic mass is 10.1. The van der Waals surface area contributed by atoms with Gasteiger partial charge in [0, 0.05) is 45.5 Å². The fourth-order valence-electron chi connectivity index (χ4n) is 3.58. The summed E-state index contributed by atoms with van der Waals surface area (Å²) in [6, 6.07) is 9.29. The molecular weight excluding hydrogens is 544 g/mol. The second-order valence-electron chi connectivity index (χ2n) is 7.69. The van der Waals surface area contributed by atoms with E-state index in [4.69, 9.17) is 0 Å². The van der Waals surface area contributed by atoms with Crippen LogP contribution in [0.4, 0.5) is 19.0 Å². The number of nitrogens with one attached hydrogen (secondary N) is 2. The molecule has 182 valence electrons. The van der Waals surface area contributed by atoms with Crippen molar-refractivity contribution in [3.05, 3.63) is 59.3 Å². The number of likely N-dealkylation sites (N-methyl/N-ethyl adjacent to an activating group) is 1. The molecule has 6 nitrogen and oxygen atoms in total. The topological polar surface area (TPSA) is 55.8 Å². The molecule has 1 aromatic heterocycles. The van der Waals surface area contributed by atoms with Gasteiger partial charge in [0.2, 0.25) is 0 Å². The number of benzene rings is 1. The van der Waals surface area contributed by atoms with Gasteiger partial charge in [0.05, 0.1) is 12.1 Å². The Balaban J connectivity index is 0.00000385. The number of aliphatic imine (C=N–C) groups is 1. The molecule has 1 fully saturated rings. The highest BCUT2D eigenvalue weighted by molar-refractivity contribution is 14.0. The minimum absolute atomic E-state index is 0. The van der Waals surface area contributed by atoms with Crippen LogP contribution in [0.25, 0.3) is 0 Å². The van der Waals surface area contributed by atoms with E-state index >= 15 is 0 Å². The summed E-state index contributed by atoms with van der Waals surface area (Å²) < 4.78 is 38.8. The summed E-state index contributed by atoms with van der Waals surface area (Å²) in [7, 11) is 0. The van der Waals surface area contributed by atoms with Gasteiger partial charge < -0.3 is 20.4 Å². The maximum atomic E-state index is 12.9. The summed E-state index contributed by atoms with van der Waals surface area (Å²) in [4.78, 5) is 13.7. The van der Waals surface area contributed by atoms with Crippen LogP contribution < -0.4 is 15.5 Å². The molecule has 0 unspecified atom stereocenters. The Morgan fingerprint density at radius 2 is 1.79 bits per heavy atom. The molecular formula is C23H32F3IN6. The number of guanidine groups is 1. The van der Waals surface area contributed by atoms with Crippen LogP contribution in [0.5, 0.6) is 0 Å². The molecule has 2 N–H and O–H groups in total. The molecule has 10 heteroatoms. The summed E-state index contributed by atoms with van der Waals surface area (Å²) in [6.07, 6.45) is -2.55. The number of aromatic nitrogens is 1. The third-order valence-electron chi connectivity index (χ3n) is 5.43. The first-order valence-corrected chi connectivity index (χ1v) is 11.0. The summed E-state index contributed by atoms with van der Waals surface area (Å²) in [5.41, 5.74) is 0.916. The fourth-order valence-corrected chi connectivity index (χ4v) is 3.58. The van der Waals surface area contributed by atoms with Gasteiger partial charge in [0.1, 0.15) is 5.82 Å². The van der Waals surface area contributed by atoms with E-state index in [-0.39, 0.29) is 30.5 Å². The van der Waals surface area contributed by atoms with Crippen LogP contribution in [-0.2, 0) is 19.3 Å². The summed E-state index contributed by atoms with van der Waals surface area (Å²) in [5.74, 6) is 1.52. The zero-order valence-electron chi connectivity index (χ0n) is 19.0. The number of hydrogen-bond acceptors (Lipinski definition) is 4. The second-order valence-corrected chi connectivity index (χ2v) is 7.69. The Bertz CT molecular complexity index is 898. The van der Waals surface area contributed by atoms with Gasteiger partial charge in [-0.1, -0.05) is 19.1 Å². The summed E-state index contributed by atoms with van der Waals surface area (Å²) in [5, 5.41) is 6.40. The van der Waals surface area contributed by atoms with E-state index < -0.39 is 11.7 Å². The van der Waals surface area contributed by atoms with E-state index in [9.17, 15) is 13.2 Å². The van der Waals surface area contributed by atoms with E-state index in [0.29, 0.717) is 24.6 Å². The highest BCUT2D eigenvalue weighted by Gasteiger charge is 2.30. The van der Waals surface area contributed by atoms with Crippen LogP contribution in [-0.4, -0.2) is 55.1 Å². The van der Waals surface area contributed by atoms with Crippen molar-refractivity contribution in [1.29, 1.82) is 0 Å². The number of piperazine rings is 1. The molecule has 1 saturated heterocycles. The van der Waals surface area contributed by atoms with Crippen molar-refractivity contribution in [3.63, 3.8) is 0 Å². The van der Waals surface area contributed by atoms with Gasteiger partial charge in [0.15, 0.2) is 5.96 Å². The van der Waals surface area contributed by atoms with E-state index in [1.165, 1.54) is 6.07 Å². The average molecular weight is 576 g/mol. The zero-order valence-corrected chi connectivity index (χ0v) is 21.4. The molecule has 3 rings (SSSR count). The second kappa shape index (κ2) is 13.0. The normalized spacial score (nSPS) is 15.2. The first kappa shape index (κ1) is 27.2. The van der Waals surface area contributed by atoms with Crippen LogP contribution in [0.1, 0.15) is 30.5 Å². The Labute approximate surface area is 210 Å². The number of alkyl halides is 3. The van der Waals surface area contributed by atoms with Gasteiger partial charge in [-0.15, -0.1) is 24.0 Å². The lowest BCUT2D eigenvalue weighted by molar-refractivity contribution is -0.137. The van der Waals surface area contributed by atoms with Gasteiger partial charge in [-0.3, -0.25) is 0 Å². The molecule has 0 bridgehead atoms. The number of nitrogens with zero attached hydrogens (tertiary/aromatic N) is 4. The molecule has 0 aliphatic carbocycles. The zero-order chi connectivity index (χ0) is 23.0. The molecule has 2 aromatic rings. The molecule has 0 spiro atoms. The largest absolute Gasteiger partial charge is 0.416 e. The monoisotopic (exact) mass is 576 g/mol. The van der Waals surface area contributed by atoms with Crippen molar-refractivity contribution < 1.29 is 13.2 Å². The highest BCUT2D eigenvalue weighted by atomic mass is 127. The number of hydrogen-bond donors (Lipinski definition) is 2. The smallest absolute Gasteiger partial charge is 0.357 e. The molecule has 0 saturated carbocycles. The first-order chi connectivity index (χ1) is 15.4. The minimum Gasteiger partial charge on any atom is -0.357 e. The third kappa shape index (κ3) is 8.33. The molecule has 1 aliphatic heterocycles. The molecule has 33 heavy (non-hydrogen) atoms. The molecule has 2 heterocycles. The van der Waals surface area contributed by atoms with E-state index in [2.05, 4.69) is 43.4 Å². The van der Waals surface area contributed by atoms with Crippen molar-refractivity contribution in [3.8, 4) is 0 Å². The van der Waals surface area contributed by atoms with E-state index in [1.807, 2.05) is 19.2 Å².